The first-order valence-corrected chi connectivity index (χ1v) is 3.59. The van der Waals surface area contributed by atoms with Gasteiger partial charge in [0.05, 0.1) is 6.10 Å². The molecule has 54 valence electrons. The molecule has 0 aromatic heterocycles. The summed E-state index contributed by atoms with van der Waals surface area (Å²) in [6.07, 6.45) is 2.92. The summed E-state index contributed by atoms with van der Waals surface area (Å²) in [6, 6.07) is 0.691. The molecule has 1 aliphatic heterocycles. The average Bonchev–Trinajstić information content (AvgIpc) is 1.90. The second kappa shape index (κ2) is 3.18. The monoisotopic (exact) mass is 129 g/mol. The van der Waals surface area contributed by atoms with Crippen LogP contribution in [0.2, 0.25) is 0 Å². The third kappa shape index (κ3) is 1.95. The minimum atomic E-state index is 0.459. The van der Waals surface area contributed by atoms with E-state index in [1.807, 2.05) is 0 Å². The van der Waals surface area contributed by atoms with Crippen molar-refractivity contribution in [1.82, 2.24) is 5.32 Å². The molecular weight excluding hydrogens is 114 g/mol. The summed E-state index contributed by atoms with van der Waals surface area (Å²) in [7, 11) is 1.78. The van der Waals surface area contributed by atoms with Gasteiger partial charge in [-0.1, -0.05) is 0 Å². The Morgan fingerprint density at radius 2 is 2.22 bits per heavy atom. The van der Waals surface area contributed by atoms with Crippen LogP contribution in [0, 0.1) is 0 Å². The second-order valence-electron chi connectivity index (χ2n) is 2.74. The van der Waals surface area contributed by atoms with Gasteiger partial charge in [0.2, 0.25) is 0 Å². The molecule has 0 aromatic carbocycles. The number of piperidine rings is 1. The van der Waals surface area contributed by atoms with Gasteiger partial charge in [0.15, 0.2) is 0 Å². The Morgan fingerprint density at radius 3 is 2.67 bits per heavy atom. The molecule has 0 saturated carbocycles. The number of ether oxygens (including phenoxy) is 1. The molecule has 0 unspecified atom stereocenters. The lowest BCUT2D eigenvalue weighted by Crippen LogP contribution is -2.40. The molecule has 0 aliphatic carbocycles. The van der Waals surface area contributed by atoms with Gasteiger partial charge in [-0.2, -0.15) is 0 Å². The predicted molar refractivity (Wildman–Crippen MR) is 37.5 cm³/mol. The number of hydrogen-bond acceptors (Lipinski definition) is 2. The maximum absolute atomic E-state index is 5.18. The van der Waals surface area contributed by atoms with Crippen LogP contribution in [-0.2, 0) is 4.74 Å². The van der Waals surface area contributed by atoms with E-state index in [9.17, 15) is 0 Å². The molecule has 1 rings (SSSR count). The first kappa shape index (κ1) is 7.03. The molecule has 0 radical (unpaired) electrons. The highest BCUT2D eigenvalue weighted by atomic mass is 16.5. The van der Waals surface area contributed by atoms with E-state index in [0.717, 1.165) is 6.54 Å². The fourth-order valence-corrected chi connectivity index (χ4v) is 1.17. The molecule has 1 saturated heterocycles. The van der Waals surface area contributed by atoms with Crippen molar-refractivity contribution < 1.29 is 4.74 Å². The molecule has 1 fully saturated rings. The topological polar surface area (TPSA) is 21.3 Å². The Hall–Kier alpha value is -0.0800. The SMILES string of the molecule is CO[C@@H]1CC[C@H](C)NC1. The summed E-state index contributed by atoms with van der Waals surface area (Å²) in [5.41, 5.74) is 0. The molecule has 1 aliphatic rings. The van der Waals surface area contributed by atoms with Crippen molar-refractivity contribution >= 4 is 0 Å². The van der Waals surface area contributed by atoms with Gasteiger partial charge in [0.25, 0.3) is 0 Å². The Labute approximate surface area is 56.6 Å². The van der Waals surface area contributed by atoms with Crippen LogP contribution in [-0.4, -0.2) is 25.8 Å². The van der Waals surface area contributed by atoms with Crippen molar-refractivity contribution in [2.75, 3.05) is 13.7 Å². The fraction of sp³-hybridized carbons (Fsp3) is 1.00. The van der Waals surface area contributed by atoms with Crippen LogP contribution >= 0.6 is 0 Å². The quantitative estimate of drug-likeness (QED) is 0.564. The second-order valence-corrected chi connectivity index (χ2v) is 2.74. The van der Waals surface area contributed by atoms with E-state index in [1.165, 1.54) is 12.8 Å². The maximum Gasteiger partial charge on any atom is 0.0696 e. The molecule has 9 heavy (non-hydrogen) atoms. The predicted octanol–water partition coefficient (Wildman–Crippen LogP) is 0.773. The molecule has 1 N–H and O–H groups in total. The summed E-state index contributed by atoms with van der Waals surface area (Å²) in [5.74, 6) is 0. The Morgan fingerprint density at radius 1 is 1.44 bits per heavy atom. The number of nitrogens with one attached hydrogen (secondary N) is 1. The van der Waals surface area contributed by atoms with Gasteiger partial charge >= 0.3 is 0 Å². The van der Waals surface area contributed by atoms with Crippen molar-refractivity contribution in [2.45, 2.75) is 31.9 Å². The lowest BCUT2D eigenvalue weighted by molar-refractivity contribution is 0.0724. The number of methoxy groups -OCH3 is 1. The highest BCUT2D eigenvalue weighted by Crippen LogP contribution is 2.08. The number of hydrogen-bond donors (Lipinski definition) is 1. The van der Waals surface area contributed by atoms with Crippen LogP contribution < -0.4 is 5.32 Å². The molecule has 2 nitrogen and oxygen atoms in total. The van der Waals surface area contributed by atoms with Crippen molar-refractivity contribution in [1.29, 1.82) is 0 Å². The van der Waals surface area contributed by atoms with Crippen molar-refractivity contribution in [3.05, 3.63) is 0 Å². The van der Waals surface area contributed by atoms with Gasteiger partial charge in [-0.3, -0.25) is 0 Å². The van der Waals surface area contributed by atoms with Crippen LogP contribution in [0.4, 0.5) is 0 Å². The molecule has 0 amide bonds. The van der Waals surface area contributed by atoms with E-state index in [0.29, 0.717) is 12.1 Å². The maximum atomic E-state index is 5.18. The number of rotatable bonds is 1. The summed E-state index contributed by atoms with van der Waals surface area (Å²) < 4.78 is 5.18. The lowest BCUT2D eigenvalue weighted by Gasteiger charge is -2.26. The van der Waals surface area contributed by atoms with Crippen LogP contribution in [0.5, 0.6) is 0 Å². The van der Waals surface area contributed by atoms with Gasteiger partial charge in [-0.05, 0) is 19.8 Å². The largest absolute Gasteiger partial charge is 0.380 e. The Kier molecular flexibility index (Phi) is 2.49. The van der Waals surface area contributed by atoms with Crippen LogP contribution in [0.1, 0.15) is 19.8 Å². The minimum absolute atomic E-state index is 0.459. The van der Waals surface area contributed by atoms with E-state index in [1.54, 1.807) is 7.11 Å². The zero-order chi connectivity index (χ0) is 6.69. The van der Waals surface area contributed by atoms with E-state index in [2.05, 4.69) is 12.2 Å². The summed E-state index contributed by atoms with van der Waals surface area (Å²) in [6.45, 7) is 3.24. The summed E-state index contributed by atoms with van der Waals surface area (Å²) in [4.78, 5) is 0. The van der Waals surface area contributed by atoms with Gasteiger partial charge < -0.3 is 10.1 Å². The standard InChI is InChI=1S/C7H15NO/c1-6-3-4-7(9-2)5-8-6/h6-8H,3-5H2,1-2H3/t6-,7+/m0/s1. The summed E-state index contributed by atoms with van der Waals surface area (Å²) in [5, 5.41) is 3.36. The molecule has 0 spiro atoms. The van der Waals surface area contributed by atoms with Crippen LogP contribution in [0.25, 0.3) is 0 Å². The molecule has 0 bridgehead atoms. The van der Waals surface area contributed by atoms with E-state index >= 15 is 0 Å². The third-order valence-corrected chi connectivity index (χ3v) is 1.95. The van der Waals surface area contributed by atoms with Crippen molar-refractivity contribution in [3.8, 4) is 0 Å². The molecular formula is C7H15NO. The Balaban J connectivity index is 2.18. The smallest absolute Gasteiger partial charge is 0.0696 e. The highest BCUT2D eigenvalue weighted by molar-refractivity contribution is 4.74. The van der Waals surface area contributed by atoms with Gasteiger partial charge in [-0.25, -0.2) is 0 Å². The fourth-order valence-electron chi connectivity index (χ4n) is 1.17. The normalized spacial score (nSPS) is 36.7. The van der Waals surface area contributed by atoms with E-state index in [4.69, 9.17) is 4.74 Å². The Bertz CT molecular complexity index is 77.0. The zero-order valence-electron chi connectivity index (χ0n) is 6.18. The first-order valence-electron chi connectivity index (χ1n) is 3.59. The van der Waals surface area contributed by atoms with Gasteiger partial charge in [0.1, 0.15) is 0 Å². The van der Waals surface area contributed by atoms with Crippen molar-refractivity contribution in [2.24, 2.45) is 0 Å². The highest BCUT2D eigenvalue weighted by Gasteiger charge is 2.15. The first-order chi connectivity index (χ1) is 4.33. The summed E-state index contributed by atoms with van der Waals surface area (Å²) >= 11 is 0. The van der Waals surface area contributed by atoms with E-state index in [-0.39, 0.29) is 0 Å². The molecule has 1 heterocycles. The zero-order valence-corrected chi connectivity index (χ0v) is 6.18. The lowest BCUT2D eigenvalue weighted by atomic mass is 10.0. The van der Waals surface area contributed by atoms with Gasteiger partial charge in [0, 0.05) is 19.7 Å². The minimum Gasteiger partial charge on any atom is -0.380 e. The molecule has 0 aromatic rings. The van der Waals surface area contributed by atoms with E-state index < -0.39 is 0 Å². The van der Waals surface area contributed by atoms with Crippen LogP contribution in [0.3, 0.4) is 0 Å². The average molecular weight is 129 g/mol. The van der Waals surface area contributed by atoms with Crippen LogP contribution in [0.15, 0.2) is 0 Å². The molecule has 2 heteroatoms. The van der Waals surface area contributed by atoms with Gasteiger partial charge in [-0.15, -0.1) is 0 Å². The molecule has 2 atom stereocenters. The van der Waals surface area contributed by atoms with Crippen molar-refractivity contribution in [3.63, 3.8) is 0 Å². The third-order valence-electron chi connectivity index (χ3n) is 1.95.